The van der Waals surface area contributed by atoms with Crippen LogP contribution in [0.1, 0.15) is 18.1 Å². The van der Waals surface area contributed by atoms with E-state index in [-0.39, 0.29) is 17.8 Å². The smallest absolute Gasteiger partial charge is 0.238 e. The first-order valence-corrected chi connectivity index (χ1v) is 6.50. The Morgan fingerprint density at radius 1 is 1.52 bits per heavy atom. The average Bonchev–Trinajstić information content (AvgIpc) is 2.50. The number of nitrogens with two attached hydrogens (primary N) is 1. The fourth-order valence-electron chi connectivity index (χ4n) is 1.86. The van der Waals surface area contributed by atoms with Crippen LogP contribution in [0.4, 0.5) is 0 Å². The molecule has 0 fully saturated rings. The molecular formula is C14H22N4O3. The number of oxime groups is 1. The van der Waals surface area contributed by atoms with E-state index in [1.54, 1.807) is 33.2 Å². The summed E-state index contributed by atoms with van der Waals surface area (Å²) in [7, 11) is 4.94. The minimum atomic E-state index is -0.297. The topological polar surface area (TPSA) is 100 Å². The lowest BCUT2D eigenvalue weighted by Crippen LogP contribution is -2.41. The Labute approximate surface area is 124 Å². The zero-order chi connectivity index (χ0) is 16.0. The summed E-state index contributed by atoms with van der Waals surface area (Å²) in [4.78, 5) is 13.3. The molecule has 116 valence electrons. The molecule has 1 amide bonds. The monoisotopic (exact) mass is 294 g/mol. The highest BCUT2D eigenvalue weighted by Crippen LogP contribution is 2.19. The molecule has 0 spiro atoms. The summed E-state index contributed by atoms with van der Waals surface area (Å²) in [6.45, 7) is 2.28. The third-order valence-electron chi connectivity index (χ3n) is 3.07. The molecule has 7 heteroatoms. The number of carbonyl (C=O) groups is 1. The molecule has 0 heterocycles. The summed E-state index contributed by atoms with van der Waals surface area (Å²) in [5.41, 5.74) is 7.03. The molecule has 0 saturated carbocycles. The first-order valence-electron chi connectivity index (χ1n) is 6.50. The van der Waals surface area contributed by atoms with Gasteiger partial charge in [-0.2, -0.15) is 0 Å². The predicted molar refractivity (Wildman–Crippen MR) is 80.5 cm³/mol. The van der Waals surface area contributed by atoms with Crippen LogP contribution in [-0.4, -0.2) is 49.1 Å². The van der Waals surface area contributed by atoms with Crippen molar-refractivity contribution >= 4 is 11.7 Å². The number of nitrogens with zero attached hydrogens (tertiary/aromatic N) is 2. The van der Waals surface area contributed by atoms with E-state index in [1.165, 1.54) is 12.0 Å². The summed E-state index contributed by atoms with van der Waals surface area (Å²) in [6.07, 6.45) is 0. The zero-order valence-corrected chi connectivity index (χ0v) is 12.8. The Balaban J connectivity index is 2.84. The van der Waals surface area contributed by atoms with Gasteiger partial charge in [0.05, 0.1) is 18.7 Å². The molecule has 7 nitrogen and oxygen atoms in total. The molecule has 1 rings (SSSR count). The van der Waals surface area contributed by atoms with Gasteiger partial charge in [-0.1, -0.05) is 11.2 Å². The van der Waals surface area contributed by atoms with Crippen molar-refractivity contribution in [1.29, 1.82) is 0 Å². The van der Waals surface area contributed by atoms with Crippen molar-refractivity contribution in [1.82, 2.24) is 10.2 Å². The largest absolute Gasteiger partial charge is 0.496 e. The molecule has 0 aromatic heterocycles. The van der Waals surface area contributed by atoms with Crippen molar-refractivity contribution in [2.75, 3.05) is 21.2 Å². The summed E-state index contributed by atoms with van der Waals surface area (Å²) < 4.78 is 5.17. The highest BCUT2D eigenvalue weighted by Gasteiger charge is 2.14. The molecule has 1 aromatic carbocycles. The second-order valence-corrected chi connectivity index (χ2v) is 4.86. The van der Waals surface area contributed by atoms with Gasteiger partial charge in [0, 0.05) is 20.6 Å². The maximum Gasteiger partial charge on any atom is 0.238 e. The minimum Gasteiger partial charge on any atom is -0.496 e. The number of amidine groups is 1. The summed E-state index contributed by atoms with van der Waals surface area (Å²) in [5, 5.41) is 14.9. The third kappa shape index (κ3) is 4.35. The van der Waals surface area contributed by atoms with Crippen molar-refractivity contribution in [3.05, 3.63) is 29.3 Å². The standard InChI is InChI=1S/C14H22N4O3/c1-9(14(19)18(2)3)16-8-10-5-6-12(21-4)11(7-10)13(15)17-20/h5-7,9,16,20H,8H2,1-4H3,(H2,15,17). The molecule has 1 aromatic rings. The number of methoxy groups -OCH3 is 1. The van der Waals surface area contributed by atoms with E-state index >= 15 is 0 Å². The van der Waals surface area contributed by atoms with Crippen LogP contribution in [0.3, 0.4) is 0 Å². The molecule has 0 radical (unpaired) electrons. The van der Waals surface area contributed by atoms with Crippen LogP contribution in [0.15, 0.2) is 23.4 Å². The van der Waals surface area contributed by atoms with Gasteiger partial charge in [0.25, 0.3) is 0 Å². The molecule has 0 aliphatic heterocycles. The lowest BCUT2D eigenvalue weighted by molar-refractivity contribution is -0.130. The highest BCUT2D eigenvalue weighted by atomic mass is 16.5. The van der Waals surface area contributed by atoms with Crippen molar-refractivity contribution in [3.63, 3.8) is 0 Å². The van der Waals surface area contributed by atoms with Crippen molar-refractivity contribution in [2.45, 2.75) is 19.5 Å². The van der Waals surface area contributed by atoms with E-state index in [1.807, 2.05) is 6.07 Å². The van der Waals surface area contributed by atoms with Crippen molar-refractivity contribution < 1.29 is 14.7 Å². The maximum absolute atomic E-state index is 11.8. The van der Waals surface area contributed by atoms with Gasteiger partial charge >= 0.3 is 0 Å². The number of likely N-dealkylation sites (N-methyl/N-ethyl adjacent to an activating group) is 1. The SMILES string of the molecule is COc1ccc(CNC(C)C(=O)N(C)C)cc1C(N)=NO. The molecule has 0 aliphatic rings. The molecule has 1 atom stereocenters. The number of amides is 1. The van der Waals surface area contributed by atoms with Crippen LogP contribution in [0.25, 0.3) is 0 Å². The number of hydrogen-bond acceptors (Lipinski definition) is 5. The summed E-state index contributed by atoms with van der Waals surface area (Å²) in [6, 6.07) is 5.05. The van der Waals surface area contributed by atoms with E-state index in [0.29, 0.717) is 17.9 Å². The number of ether oxygens (including phenoxy) is 1. The highest BCUT2D eigenvalue weighted by molar-refractivity contribution is 5.99. The normalized spacial score (nSPS) is 12.9. The van der Waals surface area contributed by atoms with Gasteiger partial charge in [0.1, 0.15) is 5.75 Å². The number of benzene rings is 1. The number of carbonyl (C=O) groups excluding carboxylic acids is 1. The molecule has 4 N–H and O–H groups in total. The van der Waals surface area contributed by atoms with Crippen LogP contribution in [0.2, 0.25) is 0 Å². The number of hydrogen-bond donors (Lipinski definition) is 3. The maximum atomic E-state index is 11.8. The van der Waals surface area contributed by atoms with Crippen molar-refractivity contribution in [3.8, 4) is 5.75 Å². The van der Waals surface area contributed by atoms with Crippen LogP contribution < -0.4 is 15.8 Å². The van der Waals surface area contributed by atoms with E-state index in [9.17, 15) is 4.79 Å². The van der Waals surface area contributed by atoms with Gasteiger partial charge in [-0.15, -0.1) is 0 Å². The molecular weight excluding hydrogens is 272 g/mol. The first kappa shape index (κ1) is 16.8. The Kier molecular flexibility index (Phi) is 5.98. The summed E-state index contributed by atoms with van der Waals surface area (Å²) in [5.74, 6) is 0.498. The van der Waals surface area contributed by atoms with Gasteiger partial charge in [0.2, 0.25) is 5.91 Å². The second-order valence-electron chi connectivity index (χ2n) is 4.86. The Hall–Kier alpha value is -2.28. The predicted octanol–water partition coefficient (Wildman–Crippen LogP) is 0.356. The molecule has 1 unspecified atom stereocenters. The molecule has 21 heavy (non-hydrogen) atoms. The van der Waals surface area contributed by atoms with E-state index in [4.69, 9.17) is 15.7 Å². The third-order valence-corrected chi connectivity index (χ3v) is 3.07. The zero-order valence-electron chi connectivity index (χ0n) is 12.8. The quantitative estimate of drug-likeness (QED) is 0.304. The fraction of sp³-hybridized carbons (Fsp3) is 0.429. The average molecular weight is 294 g/mol. The van der Waals surface area contributed by atoms with Gasteiger partial charge in [0.15, 0.2) is 5.84 Å². The number of nitrogens with one attached hydrogen (secondary N) is 1. The van der Waals surface area contributed by atoms with E-state index < -0.39 is 0 Å². The lowest BCUT2D eigenvalue weighted by atomic mass is 10.1. The van der Waals surface area contributed by atoms with Crippen LogP contribution in [-0.2, 0) is 11.3 Å². The molecule has 0 aliphatic carbocycles. The lowest BCUT2D eigenvalue weighted by Gasteiger charge is -2.18. The van der Waals surface area contributed by atoms with Crippen LogP contribution in [0, 0.1) is 0 Å². The van der Waals surface area contributed by atoms with Crippen LogP contribution >= 0.6 is 0 Å². The Morgan fingerprint density at radius 2 is 2.19 bits per heavy atom. The Morgan fingerprint density at radius 3 is 2.71 bits per heavy atom. The van der Waals surface area contributed by atoms with E-state index in [0.717, 1.165) is 5.56 Å². The second kappa shape index (κ2) is 7.49. The van der Waals surface area contributed by atoms with Crippen molar-refractivity contribution in [2.24, 2.45) is 10.9 Å². The van der Waals surface area contributed by atoms with Gasteiger partial charge < -0.3 is 25.9 Å². The van der Waals surface area contributed by atoms with E-state index in [2.05, 4.69) is 10.5 Å². The molecule has 0 saturated heterocycles. The fourth-order valence-corrected chi connectivity index (χ4v) is 1.86. The van der Waals surface area contributed by atoms with Gasteiger partial charge in [-0.3, -0.25) is 4.79 Å². The van der Waals surface area contributed by atoms with Gasteiger partial charge in [-0.25, -0.2) is 0 Å². The summed E-state index contributed by atoms with van der Waals surface area (Å²) >= 11 is 0. The first-order chi connectivity index (χ1) is 9.90. The van der Waals surface area contributed by atoms with Gasteiger partial charge in [-0.05, 0) is 24.6 Å². The Bertz CT molecular complexity index is 529. The number of rotatable bonds is 6. The molecule has 0 bridgehead atoms. The minimum absolute atomic E-state index is 0.000157. The van der Waals surface area contributed by atoms with Crippen LogP contribution in [0.5, 0.6) is 5.75 Å².